The first kappa shape index (κ1) is 26.1. The molecule has 2 amide bonds. The fourth-order valence-corrected chi connectivity index (χ4v) is 5.00. The highest BCUT2D eigenvalue weighted by Crippen LogP contribution is 2.31. The van der Waals surface area contributed by atoms with Gasteiger partial charge in [-0.05, 0) is 45.2 Å². The molecule has 0 aliphatic carbocycles. The molecule has 2 atom stereocenters. The van der Waals surface area contributed by atoms with Gasteiger partial charge < -0.3 is 20.3 Å². The molecule has 0 spiro atoms. The molecular weight excluding hydrogens is 504 g/mol. The molecular formula is C28H31ClN6O3. The zero-order valence-electron chi connectivity index (χ0n) is 21.7. The van der Waals surface area contributed by atoms with Gasteiger partial charge in [-0.25, -0.2) is 9.97 Å². The summed E-state index contributed by atoms with van der Waals surface area (Å²) < 4.78 is 5.41. The molecule has 9 nitrogen and oxygen atoms in total. The van der Waals surface area contributed by atoms with E-state index in [1.807, 2.05) is 38.1 Å². The second-order valence-electron chi connectivity index (χ2n) is 9.89. The van der Waals surface area contributed by atoms with E-state index in [-0.39, 0.29) is 30.4 Å². The van der Waals surface area contributed by atoms with E-state index < -0.39 is 6.04 Å². The molecule has 2 aromatic heterocycles. The van der Waals surface area contributed by atoms with E-state index in [1.165, 1.54) is 0 Å². The Hall–Kier alpha value is -3.56. The van der Waals surface area contributed by atoms with Gasteiger partial charge in [0.1, 0.15) is 6.04 Å². The molecule has 2 N–H and O–H groups in total. The molecule has 0 saturated carbocycles. The van der Waals surface area contributed by atoms with Crippen LogP contribution in [0.4, 0.5) is 5.95 Å². The molecule has 0 bridgehead atoms. The highest BCUT2D eigenvalue weighted by molar-refractivity contribution is 6.33. The lowest BCUT2D eigenvalue weighted by molar-refractivity contribution is -0.125. The van der Waals surface area contributed by atoms with E-state index in [4.69, 9.17) is 16.3 Å². The number of pyridine rings is 1. The van der Waals surface area contributed by atoms with Crippen LogP contribution in [-0.4, -0.2) is 57.0 Å². The molecule has 4 heterocycles. The van der Waals surface area contributed by atoms with Crippen molar-refractivity contribution >= 4 is 29.4 Å². The number of nitrogens with zero attached hydrogens (tertiary/aromatic N) is 4. The van der Waals surface area contributed by atoms with E-state index in [0.29, 0.717) is 46.7 Å². The summed E-state index contributed by atoms with van der Waals surface area (Å²) in [5.74, 6) is 0.00627. The SMILES string of the molecule is Cc1cccc([C@@H](C)NC(=O)[C@@H](C)N2Cc3ncc(-c4nc(NC5CCOCC5)ncc4Cl)cc3C2=O)c1. The predicted octanol–water partition coefficient (Wildman–Crippen LogP) is 4.31. The highest BCUT2D eigenvalue weighted by Gasteiger charge is 2.35. The third kappa shape index (κ3) is 5.49. The van der Waals surface area contributed by atoms with Crippen LogP contribution in [0.25, 0.3) is 11.3 Å². The van der Waals surface area contributed by atoms with E-state index in [0.717, 1.165) is 24.0 Å². The van der Waals surface area contributed by atoms with Gasteiger partial charge in [0.05, 0.1) is 40.8 Å². The van der Waals surface area contributed by atoms with Crippen molar-refractivity contribution in [1.82, 2.24) is 25.2 Å². The van der Waals surface area contributed by atoms with Gasteiger partial charge in [0.2, 0.25) is 11.9 Å². The molecule has 0 unspecified atom stereocenters. The van der Waals surface area contributed by atoms with Crippen molar-refractivity contribution in [2.45, 2.75) is 58.3 Å². The second-order valence-corrected chi connectivity index (χ2v) is 10.3. The average Bonchev–Trinajstić information content (AvgIpc) is 3.25. The number of amides is 2. The summed E-state index contributed by atoms with van der Waals surface area (Å²) in [6, 6.07) is 9.14. The first-order chi connectivity index (χ1) is 18.3. The van der Waals surface area contributed by atoms with Crippen molar-refractivity contribution in [1.29, 1.82) is 0 Å². The Morgan fingerprint density at radius 1 is 1.16 bits per heavy atom. The number of carbonyl (C=O) groups excluding carboxylic acids is 2. The van der Waals surface area contributed by atoms with Gasteiger partial charge >= 0.3 is 0 Å². The van der Waals surface area contributed by atoms with Crippen molar-refractivity contribution in [2.24, 2.45) is 0 Å². The number of hydrogen-bond acceptors (Lipinski definition) is 7. The third-order valence-corrected chi connectivity index (χ3v) is 7.38. The lowest BCUT2D eigenvalue weighted by Gasteiger charge is -2.25. The van der Waals surface area contributed by atoms with Gasteiger partial charge in [0.15, 0.2) is 0 Å². The maximum Gasteiger partial charge on any atom is 0.256 e. The van der Waals surface area contributed by atoms with Crippen LogP contribution in [-0.2, 0) is 16.1 Å². The maximum absolute atomic E-state index is 13.4. The molecule has 38 heavy (non-hydrogen) atoms. The lowest BCUT2D eigenvalue weighted by atomic mass is 10.1. The molecule has 2 aliphatic heterocycles. The molecule has 3 aromatic rings. The molecule has 0 radical (unpaired) electrons. The number of aromatic nitrogens is 3. The number of benzene rings is 1. The number of anilines is 1. The normalized spacial score (nSPS) is 17.2. The predicted molar refractivity (Wildman–Crippen MR) is 145 cm³/mol. The fourth-order valence-electron chi connectivity index (χ4n) is 4.80. The summed E-state index contributed by atoms with van der Waals surface area (Å²) in [5.41, 5.74) is 4.32. The van der Waals surface area contributed by atoms with Crippen molar-refractivity contribution in [2.75, 3.05) is 18.5 Å². The lowest BCUT2D eigenvalue weighted by Crippen LogP contribution is -2.45. The molecule has 5 rings (SSSR count). The second kappa shape index (κ2) is 11.0. The highest BCUT2D eigenvalue weighted by atomic mass is 35.5. The van der Waals surface area contributed by atoms with Crippen LogP contribution in [0.2, 0.25) is 5.02 Å². The summed E-state index contributed by atoms with van der Waals surface area (Å²) in [6.07, 6.45) is 4.96. The first-order valence-electron chi connectivity index (χ1n) is 12.8. The van der Waals surface area contributed by atoms with Crippen LogP contribution < -0.4 is 10.6 Å². The minimum Gasteiger partial charge on any atom is -0.381 e. The molecule has 1 aromatic carbocycles. The maximum atomic E-state index is 13.4. The Labute approximate surface area is 227 Å². The molecule has 2 aliphatic rings. The van der Waals surface area contributed by atoms with Gasteiger partial charge in [0.25, 0.3) is 5.91 Å². The van der Waals surface area contributed by atoms with Crippen LogP contribution in [0.3, 0.4) is 0 Å². The first-order valence-corrected chi connectivity index (χ1v) is 13.2. The Balaban J connectivity index is 1.30. The Bertz CT molecular complexity index is 1360. The number of hydrogen-bond donors (Lipinski definition) is 2. The number of rotatable bonds is 7. The van der Waals surface area contributed by atoms with Crippen LogP contribution in [0.1, 0.15) is 59.9 Å². The topological polar surface area (TPSA) is 109 Å². The summed E-state index contributed by atoms with van der Waals surface area (Å²) in [5, 5.41) is 6.74. The van der Waals surface area contributed by atoms with Crippen molar-refractivity contribution in [3.05, 3.63) is 70.1 Å². The average molecular weight is 535 g/mol. The smallest absolute Gasteiger partial charge is 0.256 e. The monoisotopic (exact) mass is 534 g/mol. The zero-order valence-corrected chi connectivity index (χ0v) is 22.5. The van der Waals surface area contributed by atoms with Crippen LogP contribution in [0, 0.1) is 6.92 Å². The Morgan fingerprint density at radius 2 is 1.95 bits per heavy atom. The Morgan fingerprint density at radius 3 is 2.71 bits per heavy atom. The minimum atomic E-state index is -0.662. The van der Waals surface area contributed by atoms with Gasteiger partial charge in [0, 0.05) is 31.0 Å². The number of ether oxygens (including phenoxy) is 1. The third-order valence-electron chi connectivity index (χ3n) is 7.10. The summed E-state index contributed by atoms with van der Waals surface area (Å²) in [7, 11) is 0. The number of halogens is 1. The van der Waals surface area contributed by atoms with Gasteiger partial charge in [-0.2, -0.15) is 0 Å². The number of carbonyl (C=O) groups is 2. The quantitative estimate of drug-likeness (QED) is 0.464. The van der Waals surface area contributed by atoms with Crippen LogP contribution >= 0.6 is 11.6 Å². The zero-order chi connectivity index (χ0) is 26.8. The van der Waals surface area contributed by atoms with Crippen molar-refractivity contribution in [3.8, 4) is 11.3 Å². The van der Waals surface area contributed by atoms with Gasteiger partial charge in [-0.3, -0.25) is 14.6 Å². The fraction of sp³-hybridized carbons (Fsp3) is 0.393. The van der Waals surface area contributed by atoms with Crippen LogP contribution in [0.15, 0.2) is 42.7 Å². The largest absolute Gasteiger partial charge is 0.381 e. The van der Waals surface area contributed by atoms with Crippen LogP contribution in [0.5, 0.6) is 0 Å². The van der Waals surface area contributed by atoms with Gasteiger partial charge in [-0.15, -0.1) is 0 Å². The van der Waals surface area contributed by atoms with E-state index in [1.54, 1.807) is 30.3 Å². The van der Waals surface area contributed by atoms with Gasteiger partial charge in [-0.1, -0.05) is 41.4 Å². The molecule has 198 valence electrons. The molecule has 1 saturated heterocycles. The van der Waals surface area contributed by atoms with E-state index >= 15 is 0 Å². The Kier molecular flexibility index (Phi) is 7.58. The van der Waals surface area contributed by atoms with Crippen molar-refractivity contribution < 1.29 is 14.3 Å². The van der Waals surface area contributed by atoms with E-state index in [9.17, 15) is 9.59 Å². The minimum absolute atomic E-state index is 0.182. The molecule has 10 heteroatoms. The van der Waals surface area contributed by atoms with E-state index in [2.05, 4.69) is 25.6 Å². The van der Waals surface area contributed by atoms with Crippen molar-refractivity contribution in [3.63, 3.8) is 0 Å². The summed E-state index contributed by atoms with van der Waals surface area (Å²) in [6.45, 7) is 7.35. The standard InChI is InChI=1S/C28H31ClN6O3/c1-16-5-4-6-19(11-16)17(2)32-26(36)18(3)35-15-24-22(27(35)37)12-20(13-30-24)25-23(29)14-31-28(34-25)33-21-7-9-38-10-8-21/h4-6,11-14,17-18,21H,7-10,15H2,1-3H3,(H,32,36)(H,31,33,34)/t17-,18-/m1/s1. The summed E-state index contributed by atoms with van der Waals surface area (Å²) >= 11 is 6.44. The molecule has 1 fully saturated rings. The number of aryl methyl sites for hydroxylation is 1. The number of nitrogens with one attached hydrogen (secondary N) is 2. The summed E-state index contributed by atoms with van der Waals surface area (Å²) in [4.78, 5) is 41.4. The number of fused-ring (bicyclic) bond motifs is 1.